The molecular formula is C16H12ClN3OS. The van der Waals surface area contributed by atoms with Crippen LogP contribution in [0.15, 0.2) is 48.5 Å². The van der Waals surface area contributed by atoms with Gasteiger partial charge < -0.3 is 0 Å². The molecule has 0 bridgehead atoms. The Hall–Kier alpha value is -2.24. The summed E-state index contributed by atoms with van der Waals surface area (Å²) in [6, 6.07) is 14.8. The van der Waals surface area contributed by atoms with Gasteiger partial charge in [-0.3, -0.25) is 10.1 Å². The van der Waals surface area contributed by atoms with Crippen LogP contribution >= 0.6 is 22.9 Å². The van der Waals surface area contributed by atoms with E-state index >= 15 is 0 Å². The number of halogens is 1. The molecule has 0 unspecified atom stereocenters. The molecule has 110 valence electrons. The van der Waals surface area contributed by atoms with Crippen LogP contribution in [0.3, 0.4) is 0 Å². The van der Waals surface area contributed by atoms with Gasteiger partial charge in [0.1, 0.15) is 0 Å². The fourth-order valence-corrected chi connectivity index (χ4v) is 3.07. The number of carbonyl (C=O) groups excluding carboxylic acids is 1. The van der Waals surface area contributed by atoms with Crippen LogP contribution in [0.25, 0.3) is 10.6 Å². The number of nitrogens with one attached hydrogen (secondary N) is 1. The monoisotopic (exact) mass is 329 g/mol. The zero-order valence-corrected chi connectivity index (χ0v) is 13.3. The highest BCUT2D eigenvalue weighted by Gasteiger charge is 2.13. The van der Waals surface area contributed by atoms with Gasteiger partial charge in [0.25, 0.3) is 5.91 Å². The second-order valence-electron chi connectivity index (χ2n) is 4.66. The summed E-state index contributed by atoms with van der Waals surface area (Å²) in [5.41, 5.74) is 2.34. The fraction of sp³-hybridized carbons (Fsp3) is 0.0625. The summed E-state index contributed by atoms with van der Waals surface area (Å²) in [6.45, 7) is 1.89. The van der Waals surface area contributed by atoms with Crippen molar-refractivity contribution in [3.05, 3.63) is 64.7 Å². The van der Waals surface area contributed by atoms with E-state index in [0.29, 0.717) is 20.7 Å². The first-order valence-electron chi connectivity index (χ1n) is 6.60. The zero-order chi connectivity index (χ0) is 15.5. The Bertz CT molecular complexity index is 832. The molecule has 0 saturated heterocycles. The number of hydrogen-bond donors (Lipinski definition) is 1. The third-order valence-electron chi connectivity index (χ3n) is 3.14. The maximum Gasteiger partial charge on any atom is 0.257 e. The Morgan fingerprint density at radius 1 is 1.09 bits per heavy atom. The minimum absolute atomic E-state index is 0.194. The van der Waals surface area contributed by atoms with Crippen LogP contribution in [0.2, 0.25) is 5.02 Å². The largest absolute Gasteiger partial charge is 0.296 e. The molecule has 0 radical (unpaired) electrons. The summed E-state index contributed by atoms with van der Waals surface area (Å²) in [6.07, 6.45) is 0. The van der Waals surface area contributed by atoms with Gasteiger partial charge in [-0.25, -0.2) is 0 Å². The van der Waals surface area contributed by atoms with Crippen LogP contribution in [-0.2, 0) is 0 Å². The first-order valence-corrected chi connectivity index (χ1v) is 7.80. The molecule has 3 aromatic rings. The van der Waals surface area contributed by atoms with Crippen LogP contribution in [0, 0.1) is 6.92 Å². The molecule has 0 aliphatic carbocycles. The van der Waals surface area contributed by atoms with Crippen LogP contribution in [0.4, 0.5) is 5.13 Å². The summed E-state index contributed by atoms with van der Waals surface area (Å²) >= 11 is 7.43. The maximum absolute atomic E-state index is 12.2. The lowest BCUT2D eigenvalue weighted by molar-refractivity contribution is 0.102. The number of anilines is 1. The fourth-order valence-electron chi connectivity index (χ4n) is 2.01. The summed E-state index contributed by atoms with van der Waals surface area (Å²) in [4.78, 5) is 12.2. The molecule has 2 aromatic carbocycles. The number of hydrogen-bond acceptors (Lipinski definition) is 4. The van der Waals surface area contributed by atoms with Crippen molar-refractivity contribution in [2.75, 3.05) is 5.32 Å². The smallest absolute Gasteiger partial charge is 0.257 e. The average Bonchev–Trinajstić information content (AvgIpc) is 2.96. The van der Waals surface area contributed by atoms with Crippen LogP contribution < -0.4 is 5.32 Å². The third-order valence-corrected chi connectivity index (χ3v) is 4.34. The molecule has 22 heavy (non-hydrogen) atoms. The van der Waals surface area contributed by atoms with Crippen LogP contribution in [0.1, 0.15) is 15.9 Å². The standard InChI is InChI=1S/C16H12ClN3OS/c1-10-6-2-3-7-11(10)14(21)18-16-20-19-15(22-16)12-8-4-5-9-13(12)17/h2-9H,1H3,(H,18,20,21). The number of rotatable bonds is 3. The summed E-state index contributed by atoms with van der Waals surface area (Å²) in [5, 5.41) is 12.6. The predicted molar refractivity (Wildman–Crippen MR) is 89.5 cm³/mol. The quantitative estimate of drug-likeness (QED) is 0.774. The molecule has 1 aromatic heterocycles. The highest BCUT2D eigenvalue weighted by molar-refractivity contribution is 7.18. The molecule has 1 N–H and O–H groups in total. The third kappa shape index (κ3) is 3.00. The van der Waals surface area contributed by atoms with Crippen molar-refractivity contribution in [2.24, 2.45) is 0 Å². The predicted octanol–water partition coefficient (Wildman–Crippen LogP) is 4.42. The summed E-state index contributed by atoms with van der Waals surface area (Å²) in [5.74, 6) is -0.194. The second-order valence-corrected chi connectivity index (χ2v) is 6.05. The van der Waals surface area contributed by atoms with E-state index in [1.165, 1.54) is 11.3 Å². The molecule has 0 aliphatic rings. The van der Waals surface area contributed by atoms with Gasteiger partial charge in [0.15, 0.2) is 5.01 Å². The van der Waals surface area contributed by atoms with Crippen molar-refractivity contribution in [2.45, 2.75) is 6.92 Å². The molecule has 0 aliphatic heterocycles. The number of carbonyl (C=O) groups is 1. The highest BCUT2D eigenvalue weighted by atomic mass is 35.5. The second kappa shape index (κ2) is 6.25. The number of aryl methyl sites for hydroxylation is 1. The first kappa shape index (κ1) is 14.7. The molecule has 0 atom stereocenters. The highest BCUT2D eigenvalue weighted by Crippen LogP contribution is 2.31. The molecular weight excluding hydrogens is 318 g/mol. The summed E-state index contributed by atoms with van der Waals surface area (Å²) < 4.78 is 0. The minimum Gasteiger partial charge on any atom is -0.296 e. The number of aromatic nitrogens is 2. The zero-order valence-electron chi connectivity index (χ0n) is 11.7. The maximum atomic E-state index is 12.2. The Balaban J connectivity index is 1.82. The van der Waals surface area contributed by atoms with Crippen molar-refractivity contribution >= 4 is 34.0 Å². The normalized spacial score (nSPS) is 10.5. The van der Waals surface area contributed by atoms with E-state index in [1.54, 1.807) is 12.1 Å². The van der Waals surface area contributed by atoms with Gasteiger partial charge >= 0.3 is 0 Å². The van der Waals surface area contributed by atoms with E-state index in [4.69, 9.17) is 11.6 Å². The van der Waals surface area contributed by atoms with E-state index in [0.717, 1.165) is 11.1 Å². The molecule has 0 saturated carbocycles. The SMILES string of the molecule is Cc1ccccc1C(=O)Nc1nnc(-c2ccccc2Cl)s1. The van der Waals surface area contributed by atoms with Gasteiger partial charge in [0.05, 0.1) is 5.02 Å². The van der Waals surface area contributed by atoms with Gasteiger partial charge in [-0.15, -0.1) is 10.2 Å². The molecule has 4 nitrogen and oxygen atoms in total. The van der Waals surface area contributed by atoms with Crippen LogP contribution in [-0.4, -0.2) is 16.1 Å². The number of benzene rings is 2. The van der Waals surface area contributed by atoms with Crippen molar-refractivity contribution in [1.82, 2.24) is 10.2 Å². The topological polar surface area (TPSA) is 54.9 Å². The molecule has 1 amide bonds. The van der Waals surface area contributed by atoms with E-state index in [1.807, 2.05) is 43.3 Å². The Labute approximate surface area is 136 Å². The molecule has 3 rings (SSSR count). The van der Waals surface area contributed by atoms with E-state index in [9.17, 15) is 4.79 Å². The molecule has 6 heteroatoms. The van der Waals surface area contributed by atoms with Crippen molar-refractivity contribution in [3.8, 4) is 10.6 Å². The molecule has 1 heterocycles. The lowest BCUT2D eigenvalue weighted by Crippen LogP contribution is -2.12. The van der Waals surface area contributed by atoms with Crippen molar-refractivity contribution in [1.29, 1.82) is 0 Å². The van der Waals surface area contributed by atoms with Gasteiger partial charge in [0.2, 0.25) is 5.13 Å². The number of nitrogens with zero attached hydrogens (tertiary/aromatic N) is 2. The van der Waals surface area contributed by atoms with E-state index in [-0.39, 0.29) is 5.91 Å². The first-order chi connectivity index (χ1) is 10.6. The van der Waals surface area contributed by atoms with Gasteiger partial charge in [-0.1, -0.05) is 59.3 Å². The van der Waals surface area contributed by atoms with Crippen molar-refractivity contribution in [3.63, 3.8) is 0 Å². The lowest BCUT2D eigenvalue weighted by Gasteiger charge is -2.03. The average molecular weight is 330 g/mol. The molecule has 0 fully saturated rings. The van der Waals surface area contributed by atoms with Gasteiger partial charge in [-0.2, -0.15) is 0 Å². The van der Waals surface area contributed by atoms with E-state index in [2.05, 4.69) is 15.5 Å². The Kier molecular flexibility index (Phi) is 4.18. The van der Waals surface area contributed by atoms with Crippen molar-refractivity contribution < 1.29 is 4.79 Å². The van der Waals surface area contributed by atoms with Gasteiger partial charge in [-0.05, 0) is 24.6 Å². The Morgan fingerprint density at radius 2 is 1.82 bits per heavy atom. The number of amides is 1. The summed E-state index contributed by atoms with van der Waals surface area (Å²) in [7, 11) is 0. The minimum atomic E-state index is -0.194. The van der Waals surface area contributed by atoms with E-state index < -0.39 is 0 Å². The van der Waals surface area contributed by atoms with Gasteiger partial charge in [0, 0.05) is 11.1 Å². The van der Waals surface area contributed by atoms with Crippen LogP contribution in [0.5, 0.6) is 0 Å². The Morgan fingerprint density at radius 3 is 2.59 bits per heavy atom. The molecule has 0 spiro atoms. The lowest BCUT2D eigenvalue weighted by atomic mass is 10.1.